The number of esters is 2. The number of amides is 2. The molecule has 0 aliphatic rings. The minimum Gasteiger partial charge on any atom is -0.461 e. The van der Waals surface area contributed by atoms with Gasteiger partial charge in [-0.1, -0.05) is 21.6 Å². The Balaban J connectivity index is 4.59. The lowest BCUT2D eigenvalue weighted by Gasteiger charge is -2.19. The van der Waals surface area contributed by atoms with Crippen LogP contribution in [-0.4, -0.2) is 59.6 Å². The summed E-state index contributed by atoms with van der Waals surface area (Å²) in [5.41, 5.74) is 0. The van der Waals surface area contributed by atoms with E-state index in [9.17, 15) is 19.2 Å². The molecule has 8 nitrogen and oxygen atoms in total. The predicted octanol–water partition coefficient (Wildman–Crippen LogP) is 1.28. The number of carbonyl (C=O) groups excluding carboxylic acids is 4. The van der Waals surface area contributed by atoms with Crippen molar-refractivity contribution in [3.8, 4) is 0 Å². The second-order valence-corrected chi connectivity index (χ2v) is 8.60. The number of rotatable bonds is 11. The summed E-state index contributed by atoms with van der Waals surface area (Å²) in [5.74, 6) is -1.17. The van der Waals surface area contributed by atoms with E-state index in [1.807, 2.05) is 0 Å². The molecule has 0 aliphatic carbocycles. The van der Waals surface area contributed by atoms with Crippen molar-refractivity contribution in [2.24, 2.45) is 0 Å². The van der Waals surface area contributed by atoms with Gasteiger partial charge in [0.2, 0.25) is 11.8 Å². The van der Waals surface area contributed by atoms with Gasteiger partial charge in [-0.05, 0) is 27.7 Å². The minimum absolute atomic E-state index is 0.266. The van der Waals surface area contributed by atoms with Gasteiger partial charge in [-0.3, -0.25) is 9.59 Å². The number of ether oxygens (including phenoxy) is 2. The molecule has 150 valence electrons. The lowest BCUT2D eigenvalue weighted by Crippen LogP contribution is -2.44. The van der Waals surface area contributed by atoms with E-state index in [1.54, 1.807) is 27.7 Å². The van der Waals surface area contributed by atoms with E-state index < -0.39 is 24.0 Å². The van der Waals surface area contributed by atoms with Crippen LogP contribution in [0.15, 0.2) is 0 Å². The second-order valence-electron chi connectivity index (χ2n) is 6.05. The van der Waals surface area contributed by atoms with Crippen LogP contribution in [0.3, 0.4) is 0 Å². The molecule has 0 fully saturated rings. The highest BCUT2D eigenvalue weighted by molar-refractivity contribution is 8.76. The normalized spacial score (nSPS) is 13.1. The summed E-state index contributed by atoms with van der Waals surface area (Å²) in [6.45, 7) is 9.54. The van der Waals surface area contributed by atoms with E-state index in [-0.39, 0.29) is 35.5 Å². The Labute approximate surface area is 162 Å². The Kier molecular flexibility index (Phi) is 12.2. The number of hydrogen-bond acceptors (Lipinski definition) is 8. The maximum Gasteiger partial charge on any atom is 0.329 e. The standard InChI is InChI=1S/C16H28N2O6S2/c1-9(2)23-15(21)13(17-11(5)19)7-25-26-8-14(18-12(6)20)16(22)24-10(3)4/h9-10,13-14H,7-8H2,1-6H3,(H,17,19)(H,18,20)/t13-,14?/m0/s1. The van der Waals surface area contributed by atoms with Gasteiger partial charge in [-0.2, -0.15) is 0 Å². The molecule has 2 atom stereocenters. The van der Waals surface area contributed by atoms with Crippen LogP contribution >= 0.6 is 21.6 Å². The molecule has 2 amide bonds. The summed E-state index contributed by atoms with van der Waals surface area (Å²) < 4.78 is 10.2. The maximum absolute atomic E-state index is 12.0. The first-order valence-electron chi connectivity index (χ1n) is 8.22. The van der Waals surface area contributed by atoms with Gasteiger partial charge in [0.25, 0.3) is 0 Å². The summed E-state index contributed by atoms with van der Waals surface area (Å²) in [4.78, 5) is 46.5. The Morgan fingerprint density at radius 3 is 1.27 bits per heavy atom. The van der Waals surface area contributed by atoms with E-state index in [1.165, 1.54) is 35.4 Å². The summed E-state index contributed by atoms with van der Waals surface area (Å²) in [6, 6.07) is -1.57. The average molecular weight is 409 g/mol. The fourth-order valence-corrected chi connectivity index (χ4v) is 3.99. The zero-order valence-electron chi connectivity index (χ0n) is 16.0. The molecule has 0 saturated carbocycles. The van der Waals surface area contributed by atoms with Crippen LogP contribution < -0.4 is 10.6 Å². The van der Waals surface area contributed by atoms with Gasteiger partial charge >= 0.3 is 11.9 Å². The smallest absolute Gasteiger partial charge is 0.329 e. The van der Waals surface area contributed by atoms with E-state index >= 15 is 0 Å². The van der Waals surface area contributed by atoms with Gasteiger partial charge in [0.15, 0.2) is 0 Å². The third-order valence-corrected chi connectivity index (χ3v) is 5.00. The predicted molar refractivity (Wildman–Crippen MR) is 103 cm³/mol. The highest BCUT2D eigenvalue weighted by Crippen LogP contribution is 2.24. The molecule has 26 heavy (non-hydrogen) atoms. The molecule has 0 radical (unpaired) electrons. The molecule has 0 bridgehead atoms. The van der Waals surface area contributed by atoms with Crippen molar-refractivity contribution in [3.63, 3.8) is 0 Å². The summed E-state index contributed by atoms with van der Waals surface area (Å²) in [6.07, 6.45) is -0.572. The minimum atomic E-state index is -0.783. The Hall–Kier alpha value is -1.42. The monoisotopic (exact) mass is 408 g/mol. The van der Waals surface area contributed by atoms with Crippen LogP contribution in [0, 0.1) is 0 Å². The molecule has 0 aromatic heterocycles. The van der Waals surface area contributed by atoms with Crippen LogP contribution in [-0.2, 0) is 28.7 Å². The largest absolute Gasteiger partial charge is 0.461 e. The van der Waals surface area contributed by atoms with Crippen molar-refractivity contribution in [1.82, 2.24) is 10.6 Å². The Morgan fingerprint density at radius 1 is 0.731 bits per heavy atom. The number of carbonyl (C=O) groups is 4. The molecule has 0 spiro atoms. The fraction of sp³-hybridized carbons (Fsp3) is 0.750. The van der Waals surface area contributed by atoms with Crippen molar-refractivity contribution >= 4 is 45.3 Å². The van der Waals surface area contributed by atoms with E-state index in [4.69, 9.17) is 9.47 Å². The van der Waals surface area contributed by atoms with Crippen molar-refractivity contribution in [3.05, 3.63) is 0 Å². The highest BCUT2D eigenvalue weighted by atomic mass is 33.1. The molecule has 0 aliphatic heterocycles. The molecule has 0 aromatic rings. The average Bonchev–Trinajstić information content (AvgIpc) is 2.46. The van der Waals surface area contributed by atoms with Crippen molar-refractivity contribution in [2.45, 2.75) is 65.8 Å². The number of nitrogens with one attached hydrogen (secondary N) is 2. The van der Waals surface area contributed by atoms with Crippen molar-refractivity contribution in [1.29, 1.82) is 0 Å². The lowest BCUT2D eigenvalue weighted by atomic mass is 10.3. The molecule has 0 saturated heterocycles. The molecule has 0 aromatic carbocycles. The topological polar surface area (TPSA) is 111 Å². The van der Waals surface area contributed by atoms with Crippen molar-refractivity contribution in [2.75, 3.05) is 11.5 Å². The Bertz CT molecular complexity index is 455. The summed E-state index contributed by atoms with van der Waals surface area (Å²) in [7, 11) is 2.58. The Morgan fingerprint density at radius 2 is 1.04 bits per heavy atom. The van der Waals surface area contributed by atoms with Crippen LogP contribution in [0.5, 0.6) is 0 Å². The molecular weight excluding hydrogens is 380 g/mol. The zero-order chi connectivity index (χ0) is 20.3. The molecule has 0 heterocycles. The summed E-state index contributed by atoms with van der Waals surface area (Å²) in [5, 5.41) is 5.09. The third-order valence-electron chi connectivity index (χ3n) is 2.58. The second kappa shape index (κ2) is 12.9. The van der Waals surface area contributed by atoms with Gasteiger partial charge in [-0.15, -0.1) is 0 Å². The van der Waals surface area contributed by atoms with Crippen LogP contribution in [0.25, 0.3) is 0 Å². The molecule has 10 heteroatoms. The van der Waals surface area contributed by atoms with E-state index in [0.29, 0.717) is 0 Å². The van der Waals surface area contributed by atoms with Crippen LogP contribution in [0.4, 0.5) is 0 Å². The fourth-order valence-electron chi connectivity index (χ4n) is 1.69. The van der Waals surface area contributed by atoms with E-state index in [0.717, 1.165) is 0 Å². The SMILES string of the molecule is CC(=O)NC(CSSC[C@H](NC(C)=O)C(=O)OC(C)C)C(=O)OC(C)C. The lowest BCUT2D eigenvalue weighted by molar-refractivity contribution is -0.151. The van der Waals surface area contributed by atoms with Gasteiger partial charge in [0, 0.05) is 25.4 Å². The van der Waals surface area contributed by atoms with Crippen LogP contribution in [0.1, 0.15) is 41.5 Å². The van der Waals surface area contributed by atoms with Gasteiger partial charge < -0.3 is 20.1 Å². The quantitative estimate of drug-likeness (QED) is 0.299. The molecular formula is C16H28N2O6S2. The summed E-state index contributed by atoms with van der Waals surface area (Å²) >= 11 is 0. The molecule has 2 N–H and O–H groups in total. The van der Waals surface area contributed by atoms with Crippen molar-refractivity contribution < 1.29 is 28.7 Å². The molecule has 1 unspecified atom stereocenters. The first-order valence-corrected chi connectivity index (χ1v) is 10.7. The maximum atomic E-state index is 12.0. The van der Waals surface area contributed by atoms with Crippen LogP contribution in [0.2, 0.25) is 0 Å². The first-order chi connectivity index (χ1) is 12.0. The molecule has 0 rings (SSSR count). The highest BCUT2D eigenvalue weighted by Gasteiger charge is 2.25. The number of hydrogen-bond donors (Lipinski definition) is 2. The third kappa shape index (κ3) is 12.0. The van der Waals surface area contributed by atoms with Gasteiger partial charge in [0.05, 0.1) is 12.2 Å². The first kappa shape index (κ1) is 24.6. The van der Waals surface area contributed by atoms with E-state index in [2.05, 4.69) is 10.6 Å². The van der Waals surface area contributed by atoms with Gasteiger partial charge in [-0.25, -0.2) is 9.59 Å². The zero-order valence-corrected chi connectivity index (χ0v) is 17.6. The van der Waals surface area contributed by atoms with Gasteiger partial charge in [0.1, 0.15) is 12.1 Å².